The number of benzene rings is 3. The van der Waals surface area contributed by atoms with Gasteiger partial charge in [0.05, 0.1) is 25.3 Å². The van der Waals surface area contributed by atoms with E-state index >= 15 is 0 Å². The Morgan fingerprint density at radius 2 is 1.73 bits per heavy atom. The first-order valence-corrected chi connectivity index (χ1v) is 11.7. The van der Waals surface area contributed by atoms with Crippen LogP contribution in [0.25, 0.3) is 0 Å². The second-order valence-corrected chi connectivity index (χ2v) is 9.31. The summed E-state index contributed by atoms with van der Waals surface area (Å²) < 4.78 is 26.3. The van der Waals surface area contributed by atoms with E-state index in [9.17, 15) is 4.39 Å². The maximum Gasteiger partial charge on any atom is 0.288 e. The molecule has 1 aliphatic carbocycles. The van der Waals surface area contributed by atoms with Crippen molar-refractivity contribution in [1.29, 1.82) is 0 Å². The first-order chi connectivity index (χ1) is 16.2. The lowest BCUT2D eigenvalue weighted by atomic mass is 9.77. The average molecular weight is 443 g/mol. The van der Waals surface area contributed by atoms with Crippen LogP contribution in [0.15, 0.2) is 83.9 Å². The van der Waals surface area contributed by atoms with Gasteiger partial charge in [0.1, 0.15) is 11.4 Å². The molecule has 0 saturated heterocycles. The number of amidine groups is 1. The fraction of sp³-hybridized carbons (Fsp3) is 0.321. The van der Waals surface area contributed by atoms with Gasteiger partial charge in [0.2, 0.25) is 0 Å². The molecule has 33 heavy (non-hydrogen) atoms. The third-order valence-corrected chi connectivity index (χ3v) is 7.05. The number of nitrogens with zero attached hydrogens (tertiary/aromatic N) is 2. The molecule has 1 fully saturated rings. The number of rotatable bonds is 4. The van der Waals surface area contributed by atoms with Crippen LogP contribution in [-0.2, 0) is 22.5 Å². The zero-order valence-electron chi connectivity index (χ0n) is 18.5. The van der Waals surface area contributed by atoms with E-state index in [1.807, 2.05) is 30.3 Å². The summed E-state index contributed by atoms with van der Waals surface area (Å²) in [7, 11) is 0. The normalized spacial score (nSPS) is 25.8. The first kappa shape index (κ1) is 20.4. The molecule has 0 N–H and O–H groups in total. The molecular formula is C28H27FN2O2. The van der Waals surface area contributed by atoms with Crippen molar-refractivity contribution in [1.82, 2.24) is 4.90 Å². The number of halogens is 1. The summed E-state index contributed by atoms with van der Waals surface area (Å²) in [5, 5.41) is 0. The van der Waals surface area contributed by atoms with Crippen LogP contribution in [0.2, 0.25) is 0 Å². The van der Waals surface area contributed by atoms with E-state index < -0.39 is 0 Å². The summed E-state index contributed by atoms with van der Waals surface area (Å²) in [5.74, 6) is -0.223. The SMILES string of the molecule is Fc1ccc(C2c3ccccc3CCN2C2=NCC3(CC(OCc4ccccc4)C3)O2)cc1. The standard InChI is InChI=1S/C28H27FN2O2/c29-23-12-10-22(11-13-23)26-25-9-5-4-8-21(25)14-15-31(26)27-30-19-28(33-27)16-24(17-28)32-18-20-6-2-1-3-7-20/h1-13,24,26H,14-19H2. The molecule has 5 heteroatoms. The zero-order valence-corrected chi connectivity index (χ0v) is 18.5. The lowest BCUT2D eigenvalue weighted by Crippen LogP contribution is -2.52. The predicted molar refractivity (Wildman–Crippen MR) is 125 cm³/mol. The summed E-state index contributed by atoms with van der Waals surface area (Å²) in [5.41, 5.74) is 4.56. The molecule has 1 spiro atoms. The molecule has 4 nitrogen and oxygen atoms in total. The fourth-order valence-electron chi connectivity index (χ4n) is 5.29. The Labute approximate surface area is 193 Å². The molecule has 1 unspecified atom stereocenters. The van der Waals surface area contributed by atoms with Crippen molar-refractivity contribution in [3.05, 3.63) is 107 Å². The van der Waals surface area contributed by atoms with E-state index in [4.69, 9.17) is 14.5 Å². The molecule has 2 heterocycles. The van der Waals surface area contributed by atoms with Crippen molar-refractivity contribution < 1.29 is 13.9 Å². The molecule has 3 aliphatic rings. The summed E-state index contributed by atoms with van der Waals surface area (Å²) in [6.07, 6.45) is 2.86. The number of aliphatic imine (C=N–C) groups is 1. The van der Waals surface area contributed by atoms with Gasteiger partial charge in [-0.1, -0.05) is 66.7 Å². The van der Waals surface area contributed by atoms with E-state index in [-0.39, 0.29) is 23.6 Å². The average Bonchev–Trinajstić information content (AvgIpc) is 3.28. The molecule has 0 aromatic heterocycles. The monoisotopic (exact) mass is 442 g/mol. The summed E-state index contributed by atoms with van der Waals surface area (Å²) in [4.78, 5) is 7.10. The maximum absolute atomic E-state index is 13.6. The van der Waals surface area contributed by atoms with Gasteiger partial charge in [-0.05, 0) is 40.8 Å². The van der Waals surface area contributed by atoms with Gasteiger partial charge in [0.25, 0.3) is 6.02 Å². The molecule has 2 aliphatic heterocycles. The van der Waals surface area contributed by atoms with Crippen molar-refractivity contribution in [2.45, 2.75) is 43.6 Å². The quantitative estimate of drug-likeness (QED) is 0.552. The first-order valence-electron chi connectivity index (χ1n) is 11.7. The Bertz CT molecular complexity index is 1160. The predicted octanol–water partition coefficient (Wildman–Crippen LogP) is 5.28. The highest BCUT2D eigenvalue weighted by atomic mass is 19.1. The molecular weight excluding hydrogens is 415 g/mol. The van der Waals surface area contributed by atoms with Crippen LogP contribution < -0.4 is 0 Å². The summed E-state index contributed by atoms with van der Waals surface area (Å²) in [6.45, 7) is 2.12. The number of ether oxygens (including phenoxy) is 2. The highest BCUT2D eigenvalue weighted by Crippen LogP contribution is 2.44. The van der Waals surface area contributed by atoms with Gasteiger partial charge in [-0.15, -0.1) is 0 Å². The molecule has 0 radical (unpaired) electrons. The molecule has 3 aromatic rings. The minimum absolute atomic E-state index is 0.0327. The molecule has 0 amide bonds. The van der Waals surface area contributed by atoms with Crippen LogP contribution in [-0.4, -0.2) is 35.7 Å². The second-order valence-electron chi connectivity index (χ2n) is 9.31. The van der Waals surface area contributed by atoms with Gasteiger partial charge in [-0.25, -0.2) is 9.38 Å². The van der Waals surface area contributed by atoms with Crippen LogP contribution in [0.5, 0.6) is 0 Å². The Kier molecular flexibility index (Phi) is 5.14. The largest absolute Gasteiger partial charge is 0.456 e. The van der Waals surface area contributed by atoms with E-state index in [2.05, 4.69) is 41.3 Å². The Hall–Kier alpha value is -3.18. The summed E-state index contributed by atoms with van der Waals surface area (Å²) in [6, 6.07) is 26.3. The van der Waals surface area contributed by atoms with Gasteiger partial charge >= 0.3 is 0 Å². The van der Waals surface area contributed by atoms with E-state index in [0.29, 0.717) is 19.2 Å². The minimum atomic E-state index is -0.249. The molecule has 1 saturated carbocycles. The molecule has 3 aromatic carbocycles. The van der Waals surface area contributed by atoms with Gasteiger partial charge in [0, 0.05) is 19.4 Å². The Morgan fingerprint density at radius 1 is 0.970 bits per heavy atom. The molecule has 0 bridgehead atoms. The van der Waals surface area contributed by atoms with Crippen molar-refractivity contribution in [2.24, 2.45) is 4.99 Å². The smallest absolute Gasteiger partial charge is 0.288 e. The minimum Gasteiger partial charge on any atom is -0.456 e. The molecule has 168 valence electrons. The van der Waals surface area contributed by atoms with Crippen LogP contribution in [0.1, 0.15) is 41.1 Å². The van der Waals surface area contributed by atoms with Crippen molar-refractivity contribution in [2.75, 3.05) is 13.1 Å². The topological polar surface area (TPSA) is 34.1 Å². The highest BCUT2D eigenvalue weighted by molar-refractivity contribution is 5.78. The highest BCUT2D eigenvalue weighted by Gasteiger charge is 2.52. The lowest BCUT2D eigenvalue weighted by molar-refractivity contribution is -0.126. The molecule has 1 atom stereocenters. The Morgan fingerprint density at radius 3 is 2.55 bits per heavy atom. The third kappa shape index (κ3) is 3.91. The van der Waals surface area contributed by atoms with Crippen LogP contribution in [0.3, 0.4) is 0 Å². The van der Waals surface area contributed by atoms with Gasteiger partial charge in [0.15, 0.2) is 0 Å². The summed E-state index contributed by atoms with van der Waals surface area (Å²) >= 11 is 0. The number of fused-ring (bicyclic) bond motifs is 1. The van der Waals surface area contributed by atoms with E-state index in [1.165, 1.54) is 28.8 Å². The van der Waals surface area contributed by atoms with Crippen molar-refractivity contribution in [3.8, 4) is 0 Å². The van der Waals surface area contributed by atoms with Crippen molar-refractivity contribution >= 4 is 6.02 Å². The van der Waals surface area contributed by atoms with E-state index in [0.717, 1.165) is 31.4 Å². The van der Waals surface area contributed by atoms with Crippen LogP contribution in [0, 0.1) is 5.82 Å². The van der Waals surface area contributed by atoms with Gasteiger partial charge < -0.3 is 14.4 Å². The van der Waals surface area contributed by atoms with Crippen LogP contribution >= 0.6 is 0 Å². The Balaban J connectivity index is 1.16. The number of hydrogen-bond acceptors (Lipinski definition) is 4. The second kappa shape index (κ2) is 8.31. The van der Waals surface area contributed by atoms with E-state index in [1.54, 1.807) is 0 Å². The molecule has 6 rings (SSSR count). The number of hydrogen-bond donors (Lipinski definition) is 0. The fourth-order valence-corrected chi connectivity index (χ4v) is 5.29. The van der Waals surface area contributed by atoms with Gasteiger partial charge in [-0.2, -0.15) is 0 Å². The zero-order chi connectivity index (χ0) is 22.3. The maximum atomic E-state index is 13.6. The lowest BCUT2D eigenvalue weighted by Gasteiger charge is -2.45. The van der Waals surface area contributed by atoms with Crippen LogP contribution in [0.4, 0.5) is 4.39 Å². The van der Waals surface area contributed by atoms with Gasteiger partial charge in [-0.3, -0.25) is 0 Å². The van der Waals surface area contributed by atoms with Crippen molar-refractivity contribution in [3.63, 3.8) is 0 Å². The third-order valence-electron chi connectivity index (χ3n) is 7.05.